The fourth-order valence-corrected chi connectivity index (χ4v) is 1.36. The van der Waals surface area contributed by atoms with E-state index < -0.39 is 43.3 Å². The van der Waals surface area contributed by atoms with E-state index in [4.69, 9.17) is 15.6 Å². The molecule has 15 heavy (non-hydrogen) atoms. The van der Waals surface area contributed by atoms with Crippen LogP contribution in [0.2, 0.25) is 0 Å². The molecule has 2 amide bonds. The van der Waals surface area contributed by atoms with E-state index in [1.807, 2.05) is 5.32 Å². The van der Waals surface area contributed by atoms with Crippen LogP contribution in [0.1, 0.15) is 0 Å². The van der Waals surface area contributed by atoms with Crippen molar-refractivity contribution in [2.24, 2.45) is 5.73 Å². The van der Waals surface area contributed by atoms with E-state index in [0.29, 0.717) is 0 Å². The van der Waals surface area contributed by atoms with Crippen molar-refractivity contribution in [3.63, 3.8) is 0 Å². The largest absolute Gasteiger partial charge is 0.394 e. The van der Waals surface area contributed by atoms with Gasteiger partial charge < -0.3 is 36.2 Å². The fraction of sp³-hybridized carbons (Fsp3) is 0.857. The van der Waals surface area contributed by atoms with Crippen LogP contribution in [-0.2, 0) is 4.74 Å². The number of carbonyl (C=O) groups is 1. The Hall–Kier alpha value is -0.930. The molecule has 1 aliphatic rings. The van der Waals surface area contributed by atoms with Crippen LogP contribution >= 0.6 is 0 Å². The minimum absolute atomic E-state index is 0.554. The number of rotatable bonds is 2. The second-order valence-corrected chi connectivity index (χ2v) is 3.26. The molecule has 8 nitrogen and oxygen atoms in total. The normalized spacial score (nSPS) is 41.2. The van der Waals surface area contributed by atoms with Gasteiger partial charge in [0.2, 0.25) is 0 Å². The predicted molar refractivity (Wildman–Crippen MR) is 46.5 cm³/mol. The highest BCUT2D eigenvalue weighted by Crippen LogP contribution is 2.19. The molecule has 7 N–H and O–H groups in total. The Kier molecular flexibility index (Phi) is 3.83. The molecule has 5 atom stereocenters. The molecule has 0 saturated carbocycles. The van der Waals surface area contributed by atoms with Crippen molar-refractivity contribution >= 4 is 6.03 Å². The van der Waals surface area contributed by atoms with Gasteiger partial charge in [-0.25, -0.2) is 4.79 Å². The van der Waals surface area contributed by atoms with Crippen molar-refractivity contribution in [3.05, 3.63) is 0 Å². The molecular weight excluding hydrogens is 208 g/mol. The molecule has 8 heteroatoms. The number of carbonyl (C=O) groups excluding carboxylic acids is 1. The Morgan fingerprint density at radius 3 is 2.33 bits per heavy atom. The Morgan fingerprint density at radius 1 is 1.27 bits per heavy atom. The third-order valence-corrected chi connectivity index (χ3v) is 2.18. The average molecular weight is 222 g/mol. The minimum Gasteiger partial charge on any atom is -0.394 e. The van der Waals surface area contributed by atoms with Crippen LogP contribution in [0, 0.1) is 0 Å². The maximum atomic E-state index is 10.5. The molecule has 0 aromatic carbocycles. The first-order valence-electron chi connectivity index (χ1n) is 4.34. The smallest absolute Gasteiger partial charge is 0.314 e. The number of amides is 2. The number of primary amides is 1. The zero-order valence-electron chi connectivity index (χ0n) is 7.78. The molecule has 1 aliphatic heterocycles. The maximum absolute atomic E-state index is 10.5. The fourth-order valence-electron chi connectivity index (χ4n) is 1.36. The quantitative estimate of drug-likeness (QED) is 0.285. The van der Waals surface area contributed by atoms with Gasteiger partial charge in [0.05, 0.1) is 6.61 Å². The molecule has 1 rings (SSSR count). The summed E-state index contributed by atoms with van der Waals surface area (Å²) in [5, 5.41) is 38.9. The average Bonchev–Trinajstić information content (AvgIpc) is 2.18. The highest BCUT2D eigenvalue weighted by Gasteiger charge is 2.43. The molecule has 0 radical (unpaired) electrons. The molecule has 0 unspecified atom stereocenters. The molecule has 0 aromatic rings. The van der Waals surface area contributed by atoms with Gasteiger partial charge in [-0.05, 0) is 0 Å². The van der Waals surface area contributed by atoms with E-state index in [1.165, 1.54) is 0 Å². The summed E-state index contributed by atoms with van der Waals surface area (Å²) < 4.78 is 4.92. The van der Waals surface area contributed by atoms with E-state index in [-0.39, 0.29) is 0 Å². The molecule has 0 spiro atoms. The van der Waals surface area contributed by atoms with Gasteiger partial charge in [-0.2, -0.15) is 0 Å². The Balaban J connectivity index is 2.69. The topological polar surface area (TPSA) is 145 Å². The summed E-state index contributed by atoms with van der Waals surface area (Å²) in [4.78, 5) is 10.5. The summed E-state index contributed by atoms with van der Waals surface area (Å²) in [6.07, 6.45) is -6.78. The number of nitrogens with two attached hydrogens (primary N) is 1. The lowest BCUT2D eigenvalue weighted by molar-refractivity contribution is -0.233. The number of nitrogens with one attached hydrogen (secondary N) is 1. The number of aliphatic hydroxyl groups excluding tert-OH is 4. The van der Waals surface area contributed by atoms with Gasteiger partial charge in [0.1, 0.15) is 24.4 Å². The van der Waals surface area contributed by atoms with E-state index in [2.05, 4.69) is 0 Å². The maximum Gasteiger partial charge on any atom is 0.314 e. The molecule has 0 aromatic heterocycles. The third-order valence-electron chi connectivity index (χ3n) is 2.18. The molecule has 1 heterocycles. The van der Waals surface area contributed by atoms with Crippen LogP contribution in [-0.4, -0.2) is 63.7 Å². The number of ether oxygens (including phenoxy) is 1. The van der Waals surface area contributed by atoms with Gasteiger partial charge in [0, 0.05) is 0 Å². The Bertz CT molecular complexity index is 236. The summed E-state index contributed by atoms with van der Waals surface area (Å²) >= 11 is 0. The second-order valence-electron chi connectivity index (χ2n) is 3.26. The van der Waals surface area contributed by atoms with Crippen LogP contribution in [0.15, 0.2) is 0 Å². The highest BCUT2D eigenvalue weighted by molar-refractivity contribution is 5.71. The Morgan fingerprint density at radius 2 is 1.87 bits per heavy atom. The van der Waals surface area contributed by atoms with Crippen molar-refractivity contribution in [1.29, 1.82) is 0 Å². The summed E-state index contributed by atoms with van der Waals surface area (Å²) in [5.74, 6) is 0. The molecule has 0 aliphatic carbocycles. The standard InChI is InChI=1S/C7H14N2O6/c8-7(14)9-6-5(13)4(12)3(11)2(1-10)15-6/h2-6,10-13H,1H2,(H3,8,9,14)/t2-,3-,4+,5-,6-/m1/s1. The molecule has 1 fully saturated rings. The van der Waals surface area contributed by atoms with Crippen LogP contribution < -0.4 is 11.1 Å². The minimum atomic E-state index is -1.52. The molecular formula is C7H14N2O6. The van der Waals surface area contributed by atoms with Gasteiger partial charge >= 0.3 is 6.03 Å². The van der Waals surface area contributed by atoms with Crippen molar-refractivity contribution in [2.45, 2.75) is 30.6 Å². The molecule has 0 bridgehead atoms. The zero-order valence-corrected chi connectivity index (χ0v) is 7.78. The monoisotopic (exact) mass is 222 g/mol. The van der Waals surface area contributed by atoms with Crippen LogP contribution in [0.25, 0.3) is 0 Å². The lowest BCUT2D eigenvalue weighted by Crippen LogP contribution is -2.63. The second kappa shape index (κ2) is 4.73. The third kappa shape index (κ3) is 2.55. The SMILES string of the molecule is NC(=O)N[C@@H]1O[C@H](CO)[C@@H](O)[C@H](O)[C@H]1O. The number of urea groups is 1. The lowest BCUT2D eigenvalue weighted by atomic mass is 9.98. The van der Waals surface area contributed by atoms with Gasteiger partial charge in [0.25, 0.3) is 0 Å². The van der Waals surface area contributed by atoms with Gasteiger partial charge in [-0.1, -0.05) is 0 Å². The van der Waals surface area contributed by atoms with Crippen LogP contribution in [0.4, 0.5) is 4.79 Å². The van der Waals surface area contributed by atoms with E-state index in [9.17, 15) is 20.1 Å². The van der Waals surface area contributed by atoms with E-state index in [1.54, 1.807) is 0 Å². The molecule has 1 saturated heterocycles. The van der Waals surface area contributed by atoms with Gasteiger partial charge in [0.15, 0.2) is 6.23 Å². The summed E-state index contributed by atoms with van der Waals surface area (Å²) in [5.41, 5.74) is 4.80. The first kappa shape index (κ1) is 12.1. The first-order valence-corrected chi connectivity index (χ1v) is 4.34. The predicted octanol–water partition coefficient (Wildman–Crippen LogP) is -3.55. The summed E-state index contributed by atoms with van der Waals surface area (Å²) in [7, 11) is 0. The summed E-state index contributed by atoms with van der Waals surface area (Å²) in [6, 6.07) is -0.945. The number of hydrogen-bond donors (Lipinski definition) is 6. The van der Waals surface area contributed by atoms with Gasteiger partial charge in [-0.15, -0.1) is 0 Å². The number of hydrogen-bond acceptors (Lipinski definition) is 6. The van der Waals surface area contributed by atoms with Crippen LogP contribution in [0.3, 0.4) is 0 Å². The number of aliphatic hydroxyl groups is 4. The van der Waals surface area contributed by atoms with Crippen LogP contribution in [0.5, 0.6) is 0 Å². The summed E-state index contributed by atoms with van der Waals surface area (Å²) in [6.45, 7) is -0.554. The molecule has 88 valence electrons. The lowest BCUT2D eigenvalue weighted by Gasteiger charge is -2.39. The Labute approximate surface area is 85.3 Å². The van der Waals surface area contributed by atoms with Crippen molar-refractivity contribution < 1.29 is 30.0 Å². The van der Waals surface area contributed by atoms with E-state index >= 15 is 0 Å². The van der Waals surface area contributed by atoms with Gasteiger partial charge in [-0.3, -0.25) is 0 Å². The van der Waals surface area contributed by atoms with Crippen molar-refractivity contribution in [1.82, 2.24) is 5.32 Å². The van der Waals surface area contributed by atoms with E-state index in [0.717, 1.165) is 0 Å². The van der Waals surface area contributed by atoms with Crippen molar-refractivity contribution in [3.8, 4) is 0 Å². The first-order chi connectivity index (χ1) is 6.97. The van der Waals surface area contributed by atoms with Crippen molar-refractivity contribution in [2.75, 3.05) is 6.61 Å². The highest BCUT2D eigenvalue weighted by atomic mass is 16.6. The zero-order chi connectivity index (χ0) is 11.6.